The topological polar surface area (TPSA) is 50.4 Å². The Morgan fingerprint density at radius 3 is 2.91 bits per heavy atom. The molecular weight excluding hydrogens is 356 g/mol. The number of fused-ring (bicyclic) bond motifs is 1. The van der Waals surface area contributed by atoms with Gasteiger partial charge in [0.2, 0.25) is 0 Å². The van der Waals surface area contributed by atoms with Crippen LogP contribution in [0, 0.1) is 5.92 Å². The molecule has 4 nitrogen and oxygen atoms in total. The van der Waals surface area contributed by atoms with E-state index in [0.717, 1.165) is 47.0 Å². The summed E-state index contributed by atoms with van der Waals surface area (Å²) in [5, 5.41) is 8.50. The van der Waals surface area contributed by atoms with E-state index in [2.05, 4.69) is 32.6 Å². The molecule has 1 saturated heterocycles. The largest absolute Gasteiger partial charge is 0.484 e. The predicted octanol–water partition coefficient (Wildman–Crippen LogP) is 3.10. The van der Waals surface area contributed by atoms with Gasteiger partial charge >= 0.3 is 0 Å². The van der Waals surface area contributed by atoms with Crippen molar-refractivity contribution in [2.24, 2.45) is 5.92 Å². The van der Waals surface area contributed by atoms with Crippen LogP contribution in [0.15, 0.2) is 40.9 Å². The van der Waals surface area contributed by atoms with Crippen LogP contribution in [-0.4, -0.2) is 32.1 Å². The molecule has 1 aliphatic rings. The zero-order chi connectivity index (χ0) is 16.1. The second kappa shape index (κ2) is 7.79. The lowest BCUT2D eigenvalue weighted by Gasteiger charge is -2.10. The molecule has 0 aromatic heterocycles. The second-order valence-corrected chi connectivity index (χ2v) is 6.86. The van der Waals surface area contributed by atoms with Crippen molar-refractivity contribution in [2.75, 3.05) is 26.2 Å². The van der Waals surface area contributed by atoms with Gasteiger partial charge in [-0.05, 0) is 66.9 Å². The highest BCUT2D eigenvalue weighted by Crippen LogP contribution is 2.24. The number of nitrogens with one attached hydrogen (secondary N) is 2. The maximum atomic E-state index is 11.8. The number of hydrogen-bond donors (Lipinski definition) is 2. The van der Waals surface area contributed by atoms with E-state index in [0.29, 0.717) is 5.92 Å². The van der Waals surface area contributed by atoms with Gasteiger partial charge in [-0.15, -0.1) is 0 Å². The number of rotatable bonds is 6. The molecule has 0 bridgehead atoms. The highest BCUT2D eigenvalue weighted by atomic mass is 79.9. The summed E-state index contributed by atoms with van der Waals surface area (Å²) < 4.78 is 6.64. The Kier molecular flexibility index (Phi) is 5.51. The van der Waals surface area contributed by atoms with Crippen molar-refractivity contribution < 1.29 is 9.53 Å². The van der Waals surface area contributed by atoms with Crippen LogP contribution in [0.4, 0.5) is 0 Å². The summed E-state index contributed by atoms with van der Waals surface area (Å²) in [5.41, 5.74) is 0. The van der Waals surface area contributed by atoms with E-state index in [1.165, 1.54) is 6.42 Å². The molecule has 23 heavy (non-hydrogen) atoms. The van der Waals surface area contributed by atoms with E-state index in [1.54, 1.807) is 0 Å². The number of amides is 1. The van der Waals surface area contributed by atoms with Gasteiger partial charge in [-0.2, -0.15) is 0 Å². The highest BCUT2D eigenvalue weighted by molar-refractivity contribution is 9.10. The Labute approximate surface area is 144 Å². The molecule has 0 spiro atoms. The number of hydrogen-bond acceptors (Lipinski definition) is 3. The van der Waals surface area contributed by atoms with Crippen LogP contribution in [0.5, 0.6) is 5.75 Å². The Hall–Kier alpha value is -1.59. The molecule has 1 unspecified atom stereocenters. The first-order valence-corrected chi connectivity index (χ1v) is 8.79. The number of halogens is 1. The molecular formula is C18H21BrN2O2. The SMILES string of the molecule is O=C(COc1ccc2cc(Br)ccc2c1)NCCC1CCNC1. The third kappa shape index (κ3) is 4.69. The lowest BCUT2D eigenvalue weighted by molar-refractivity contribution is -0.123. The van der Waals surface area contributed by atoms with Crippen LogP contribution in [0.25, 0.3) is 10.8 Å². The Balaban J connectivity index is 1.45. The van der Waals surface area contributed by atoms with E-state index in [1.807, 2.05) is 30.3 Å². The Morgan fingerprint density at radius 1 is 1.26 bits per heavy atom. The predicted molar refractivity (Wildman–Crippen MR) is 95.7 cm³/mol. The fraction of sp³-hybridized carbons (Fsp3) is 0.389. The van der Waals surface area contributed by atoms with Crippen molar-refractivity contribution in [3.8, 4) is 5.75 Å². The highest BCUT2D eigenvalue weighted by Gasteiger charge is 2.14. The van der Waals surface area contributed by atoms with Gasteiger partial charge in [0, 0.05) is 11.0 Å². The number of carbonyl (C=O) groups is 1. The first-order chi connectivity index (χ1) is 11.2. The molecule has 122 valence electrons. The third-order valence-corrected chi connectivity index (χ3v) is 4.67. The molecule has 1 amide bonds. The quantitative estimate of drug-likeness (QED) is 0.814. The van der Waals surface area contributed by atoms with Crippen LogP contribution >= 0.6 is 15.9 Å². The molecule has 1 fully saturated rings. The smallest absolute Gasteiger partial charge is 0.257 e. The van der Waals surface area contributed by atoms with Gasteiger partial charge in [-0.25, -0.2) is 0 Å². The molecule has 2 aromatic rings. The van der Waals surface area contributed by atoms with Gasteiger partial charge < -0.3 is 15.4 Å². The zero-order valence-corrected chi connectivity index (χ0v) is 14.6. The molecule has 0 saturated carbocycles. The molecule has 0 radical (unpaired) electrons. The van der Waals surface area contributed by atoms with Gasteiger partial charge in [0.1, 0.15) is 5.75 Å². The van der Waals surface area contributed by atoms with Crippen molar-refractivity contribution in [3.05, 3.63) is 40.9 Å². The summed E-state index contributed by atoms with van der Waals surface area (Å²) in [6, 6.07) is 11.9. The number of carbonyl (C=O) groups excluding carboxylic acids is 1. The maximum absolute atomic E-state index is 11.8. The first-order valence-electron chi connectivity index (χ1n) is 8.00. The van der Waals surface area contributed by atoms with E-state index < -0.39 is 0 Å². The van der Waals surface area contributed by atoms with Gasteiger partial charge in [-0.3, -0.25) is 4.79 Å². The van der Waals surface area contributed by atoms with E-state index >= 15 is 0 Å². The first kappa shape index (κ1) is 16.3. The average molecular weight is 377 g/mol. The van der Waals surface area contributed by atoms with Crippen LogP contribution < -0.4 is 15.4 Å². The summed E-state index contributed by atoms with van der Waals surface area (Å²) in [6.45, 7) is 2.95. The van der Waals surface area contributed by atoms with E-state index in [4.69, 9.17) is 4.74 Å². The number of ether oxygens (including phenoxy) is 1. The number of benzene rings is 2. The fourth-order valence-corrected chi connectivity index (χ4v) is 3.24. The Bertz CT molecular complexity index is 684. The minimum atomic E-state index is -0.0631. The van der Waals surface area contributed by atoms with Crippen LogP contribution in [0.2, 0.25) is 0 Å². The van der Waals surface area contributed by atoms with Gasteiger partial charge in [0.05, 0.1) is 0 Å². The average Bonchev–Trinajstić information content (AvgIpc) is 3.06. The van der Waals surface area contributed by atoms with Crippen molar-refractivity contribution in [3.63, 3.8) is 0 Å². The van der Waals surface area contributed by atoms with Crippen LogP contribution in [-0.2, 0) is 4.79 Å². The van der Waals surface area contributed by atoms with Crippen molar-refractivity contribution in [1.29, 1.82) is 0 Å². The molecule has 1 atom stereocenters. The van der Waals surface area contributed by atoms with E-state index in [9.17, 15) is 4.79 Å². The zero-order valence-electron chi connectivity index (χ0n) is 13.0. The maximum Gasteiger partial charge on any atom is 0.257 e. The molecule has 5 heteroatoms. The standard InChI is InChI=1S/C18H21BrN2O2/c19-16-3-1-15-10-17(4-2-14(15)9-16)23-12-18(22)21-8-6-13-5-7-20-11-13/h1-4,9-10,13,20H,5-8,11-12H2,(H,21,22). The molecule has 1 aliphatic heterocycles. The lowest BCUT2D eigenvalue weighted by atomic mass is 10.1. The summed E-state index contributed by atoms with van der Waals surface area (Å²) >= 11 is 3.46. The molecule has 3 rings (SSSR count). The normalized spacial score (nSPS) is 17.3. The Morgan fingerprint density at radius 2 is 2.09 bits per heavy atom. The summed E-state index contributed by atoms with van der Waals surface area (Å²) in [6.07, 6.45) is 2.24. The van der Waals surface area contributed by atoms with Gasteiger partial charge in [0.15, 0.2) is 6.61 Å². The van der Waals surface area contributed by atoms with Crippen LogP contribution in [0.3, 0.4) is 0 Å². The van der Waals surface area contributed by atoms with Crippen molar-refractivity contribution in [2.45, 2.75) is 12.8 Å². The molecule has 0 aliphatic carbocycles. The third-order valence-electron chi connectivity index (χ3n) is 4.18. The van der Waals surface area contributed by atoms with Gasteiger partial charge in [0.25, 0.3) is 5.91 Å². The second-order valence-electron chi connectivity index (χ2n) is 5.94. The van der Waals surface area contributed by atoms with E-state index in [-0.39, 0.29) is 12.5 Å². The van der Waals surface area contributed by atoms with Crippen LogP contribution in [0.1, 0.15) is 12.8 Å². The minimum Gasteiger partial charge on any atom is -0.484 e. The summed E-state index contributed by atoms with van der Waals surface area (Å²) in [5.74, 6) is 1.35. The van der Waals surface area contributed by atoms with Gasteiger partial charge in [-0.1, -0.05) is 28.1 Å². The molecule has 1 heterocycles. The molecule has 2 aromatic carbocycles. The summed E-state index contributed by atoms with van der Waals surface area (Å²) in [4.78, 5) is 11.8. The lowest BCUT2D eigenvalue weighted by Crippen LogP contribution is -2.30. The summed E-state index contributed by atoms with van der Waals surface area (Å²) in [7, 11) is 0. The van der Waals surface area contributed by atoms with Crippen molar-refractivity contribution >= 4 is 32.6 Å². The monoisotopic (exact) mass is 376 g/mol. The fourth-order valence-electron chi connectivity index (χ4n) is 2.86. The molecule has 2 N–H and O–H groups in total. The minimum absolute atomic E-state index is 0.0605. The van der Waals surface area contributed by atoms with Crippen molar-refractivity contribution in [1.82, 2.24) is 10.6 Å².